The summed E-state index contributed by atoms with van der Waals surface area (Å²) in [6, 6.07) is 15.3. The first kappa shape index (κ1) is 23.6. The number of ketones is 1. The number of hydrogen-bond acceptors (Lipinski definition) is 6. The van der Waals surface area contributed by atoms with Crippen LogP contribution in [0.25, 0.3) is 0 Å². The molecule has 0 spiro atoms. The second-order valence-electron chi connectivity index (χ2n) is 9.59. The number of para-hydroxylation sites is 1. The van der Waals surface area contributed by atoms with Crippen LogP contribution < -0.4 is 14.8 Å². The van der Waals surface area contributed by atoms with Gasteiger partial charge in [-0.25, -0.2) is 4.79 Å². The van der Waals surface area contributed by atoms with Crippen molar-refractivity contribution in [1.29, 1.82) is 0 Å². The van der Waals surface area contributed by atoms with Crippen molar-refractivity contribution < 1.29 is 23.8 Å². The van der Waals surface area contributed by atoms with E-state index in [2.05, 4.69) is 19.2 Å². The molecule has 0 bridgehead atoms. The normalized spacial score (nSPS) is 19.3. The molecule has 0 radical (unpaired) electrons. The molecule has 1 heterocycles. The van der Waals surface area contributed by atoms with E-state index in [1.54, 1.807) is 7.11 Å². The Hall–Kier alpha value is -3.54. The van der Waals surface area contributed by atoms with Gasteiger partial charge in [0.15, 0.2) is 5.78 Å². The van der Waals surface area contributed by atoms with Crippen LogP contribution in [0.3, 0.4) is 0 Å². The van der Waals surface area contributed by atoms with E-state index in [4.69, 9.17) is 14.2 Å². The maximum absolute atomic E-state index is 13.4. The smallest absolute Gasteiger partial charge is 0.336 e. The van der Waals surface area contributed by atoms with Crippen LogP contribution >= 0.6 is 0 Å². The number of nitrogens with one attached hydrogen (secondary N) is 1. The van der Waals surface area contributed by atoms with Crippen LogP contribution in [0.1, 0.15) is 50.7 Å². The van der Waals surface area contributed by atoms with E-state index in [1.807, 2.05) is 55.5 Å². The molecule has 1 atom stereocenters. The highest BCUT2D eigenvalue weighted by atomic mass is 16.5. The molecule has 0 saturated carbocycles. The van der Waals surface area contributed by atoms with Crippen LogP contribution in [-0.4, -0.2) is 26.0 Å². The van der Waals surface area contributed by atoms with Gasteiger partial charge in [0.05, 0.1) is 19.8 Å². The predicted octanol–water partition coefficient (Wildman–Crippen LogP) is 5.05. The first-order valence-electron chi connectivity index (χ1n) is 11.4. The maximum atomic E-state index is 13.4. The lowest BCUT2D eigenvalue weighted by molar-refractivity contribution is -0.136. The van der Waals surface area contributed by atoms with Gasteiger partial charge >= 0.3 is 5.97 Å². The zero-order valence-electron chi connectivity index (χ0n) is 20.4. The van der Waals surface area contributed by atoms with Crippen LogP contribution in [0.15, 0.2) is 71.1 Å². The van der Waals surface area contributed by atoms with Crippen molar-refractivity contribution in [3.05, 3.63) is 82.2 Å². The summed E-state index contributed by atoms with van der Waals surface area (Å²) in [4.78, 5) is 26.3. The van der Waals surface area contributed by atoms with Gasteiger partial charge in [-0.3, -0.25) is 4.79 Å². The zero-order valence-corrected chi connectivity index (χ0v) is 20.4. The molecule has 0 fully saturated rings. The lowest BCUT2D eigenvalue weighted by Gasteiger charge is -2.39. The molecule has 6 heteroatoms. The number of carbonyl (C=O) groups is 2. The number of hydrogen-bond donors (Lipinski definition) is 1. The number of ether oxygens (including phenoxy) is 3. The molecule has 1 aliphatic heterocycles. The minimum Gasteiger partial charge on any atom is -0.496 e. The molecule has 0 saturated heterocycles. The number of benzene rings is 2. The molecule has 1 N–H and O–H groups in total. The van der Waals surface area contributed by atoms with Crippen LogP contribution in [-0.2, 0) is 20.9 Å². The summed E-state index contributed by atoms with van der Waals surface area (Å²) in [5.41, 5.74) is 4.20. The van der Waals surface area contributed by atoms with Crippen molar-refractivity contribution in [2.75, 3.05) is 14.2 Å². The van der Waals surface area contributed by atoms with Crippen molar-refractivity contribution in [2.45, 2.75) is 46.1 Å². The Kier molecular flexibility index (Phi) is 6.51. The molecule has 0 unspecified atom stereocenters. The maximum Gasteiger partial charge on any atom is 0.336 e. The number of dihydropyridines is 1. The van der Waals surface area contributed by atoms with Gasteiger partial charge in [-0.1, -0.05) is 38.1 Å². The van der Waals surface area contributed by atoms with Crippen molar-refractivity contribution in [3.8, 4) is 11.5 Å². The molecular formula is C28H31NO5. The number of methoxy groups -OCH3 is 2. The molecule has 1 aliphatic carbocycles. The monoisotopic (exact) mass is 461 g/mol. The van der Waals surface area contributed by atoms with Crippen molar-refractivity contribution in [1.82, 2.24) is 5.32 Å². The highest BCUT2D eigenvalue weighted by molar-refractivity contribution is 6.04. The Labute approximate surface area is 200 Å². The molecule has 6 nitrogen and oxygen atoms in total. The molecule has 0 aromatic heterocycles. The third-order valence-corrected chi connectivity index (χ3v) is 6.42. The fraction of sp³-hybridized carbons (Fsp3) is 0.357. The summed E-state index contributed by atoms with van der Waals surface area (Å²) in [6.07, 6.45) is 1.16. The van der Waals surface area contributed by atoms with Gasteiger partial charge in [0.1, 0.15) is 18.1 Å². The van der Waals surface area contributed by atoms with Gasteiger partial charge in [0.25, 0.3) is 0 Å². The first-order valence-corrected chi connectivity index (χ1v) is 11.4. The molecule has 2 aliphatic rings. The lowest BCUT2D eigenvalue weighted by Crippen LogP contribution is -2.38. The molecule has 4 rings (SSSR count). The summed E-state index contributed by atoms with van der Waals surface area (Å²) >= 11 is 0. The number of allylic oxidation sites excluding steroid dienone is 3. The molecule has 178 valence electrons. The third-order valence-electron chi connectivity index (χ3n) is 6.42. The Morgan fingerprint density at radius 3 is 2.50 bits per heavy atom. The summed E-state index contributed by atoms with van der Waals surface area (Å²) in [5.74, 6) is 0.512. The van der Waals surface area contributed by atoms with Crippen molar-refractivity contribution >= 4 is 11.8 Å². The van der Waals surface area contributed by atoms with Gasteiger partial charge in [0.2, 0.25) is 0 Å². The number of esters is 1. The standard InChI is InChI=1S/C28H31NO5/c1-17-24(27(31)33-5)25(26-21(29-17)14-28(2,3)15-22(26)30)18-11-12-23(32-4)19(13-18)16-34-20-9-7-6-8-10-20/h6-13,25,29H,14-16H2,1-5H3/t25-/m1/s1. The lowest BCUT2D eigenvalue weighted by atomic mass is 9.68. The minimum atomic E-state index is -0.520. The SMILES string of the molecule is COC(=O)C1=C(C)NC2=C(C(=O)CC(C)(C)C2)[C@@H]1c1ccc(OC)c(COc2ccccc2)c1. The Balaban J connectivity index is 1.80. The molecular weight excluding hydrogens is 430 g/mol. The number of carbonyl (C=O) groups excluding carboxylic acids is 2. The average molecular weight is 462 g/mol. The van der Waals surface area contributed by atoms with Gasteiger partial charge in [-0.05, 0) is 48.6 Å². The van der Waals surface area contributed by atoms with Crippen LogP contribution in [0.5, 0.6) is 11.5 Å². The fourth-order valence-corrected chi connectivity index (χ4v) is 4.92. The van der Waals surface area contributed by atoms with Crippen LogP contribution in [0.2, 0.25) is 0 Å². The summed E-state index contributed by atoms with van der Waals surface area (Å²) < 4.78 is 16.7. The Morgan fingerprint density at radius 2 is 1.82 bits per heavy atom. The quantitative estimate of drug-likeness (QED) is 0.607. The van der Waals surface area contributed by atoms with Crippen LogP contribution in [0.4, 0.5) is 0 Å². The van der Waals surface area contributed by atoms with Gasteiger partial charge in [-0.15, -0.1) is 0 Å². The van der Waals surface area contributed by atoms with E-state index in [-0.39, 0.29) is 17.8 Å². The van der Waals surface area contributed by atoms with Crippen LogP contribution in [0, 0.1) is 5.41 Å². The first-order chi connectivity index (χ1) is 16.2. The predicted molar refractivity (Wildman–Crippen MR) is 129 cm³/mol. The highest BCUT2D eigenvalue weighted by Gasteiger charge is 2.43. The summed E-state index contributed by atoms with van der Waals surface area (Å²) in [5, 5.41) is 3.34. The number of Topliss-reactive ketones (excluding diaryl/α,β-unsaturated/α-hetero) is 1. The molecule has 2 aromatic carbocycles. The molecule has 2 aromatic rings. The Bertz CT molecular complexity index is 1180. The van der Waals surface area contributed by atoms with E-state index in [1.165, 1.54) is 7.11 Å². The minimum absolute atomic E-state index is 0.0514. The fourth-order valence-electron chi connectivity index (χ4n) is 4.92. The Morgan fingerprint density at radius 1 is 1.09 bits per heavy atom. The molecule has 34 heavy (non-hydrogen) atoms. The summed E-state index contributed by atoms with van der Waals surface area (Å²) in [7, 11) is 2.98. The largest absolute Gasteiger partial charge is 0.496 e. The van der Waals surface area contributed by atoms with Gasteiger partial charge < -0.3 is 19.5 Å². The number of rotatable bonds is 6. The van der Waals surface area contributed by atoms with E-state index < -0.39 is 11.9 Å². The van der Waals surface area contributed by atoms with E-state index in [9.17, 15) is 9.59 Å². The average Bonchev–Trinajstić information content (AvgIpc) is 2.81. The van der Waals surface area contributed by atoms with Crippen molar-refractivity contribution in [2.24, 2.45) is 5.41 Å². The van der Waals surface area contributed by atoms with E-state index >= 15 is 0 Å². The topological polar surface area (TPSA) is 73.9 Å². The second kappa shape index (κ2) is 9.37. The molecule has 0 amide bonds. The van der Waals surface area contributed by atoms with Gasteiger partial charge in [-0.2, -0.15) is 0 Å². The second-order valence-corrected chi connectivity index (χ2v) is 9.59. The highest BCUT2D eigenvalue weighted by Crippen LogP contribution is 2.47. The third kappa shape index (κ3) is 4.58. The van der Waals surface area contributed by atoms with E-state index in [0.717, 1.165) is 29.0 Å². The van der Waals surface area contributed by atoms with E-state index in [0.29, 0.717) is 29.0 Å². The van der Waals surface area contributed by atoms with Gasteiger partial charge in [0, 0.05) is 34.9 Å². The van der Waals surface area contributed by atoms with Crippen molar-refractivity contribution in [3.63, 3.8) is 0 Å². The summed E-state index contributed by atoms with van der Waals surface area (Å²) in [6.45, 7) is 6.33. The zero-order chi connectivity index (χ0) is 24.5.